The minimum absolute atomic E-state index is 0.250. The fourth-order valence-electron chi connectivity index (χ4n) is 2.02. The summed E-state index contributed by atoms with van der Waals surface area (Å²) in [7, 11) is 1.56. The number of carbonyl (C=O) groups excluding carboxylic acids is 1. The average Bonchev–Trinajstić information content (AvgIpc) is 3.03. The zero-order valence-corrected chi connectivity index (χ0v) is 13.3. The summed E-state index contributed by atoms with van der Waals surface area (Å²) in [5, 5.41) is 11.3. The van der Waals surface area contributed by atoms with E-state index >= 15 is 0 Å². The lowest BCUT2D eigenvalue weighted by molar-refractivity contribution is -0.139. The third-order valence-corrected chi connectivity index (χ3v) is 3.16. The van der Waals surface area contributed by atoms with Gasteiger partial charge in [-0.3, -0.25) is 4.79 Å². The average molecular weight is 333 g/mol. The van der Waals surface area contributed by atoms with Crippen molar-refractivity contribution >= 4 is 11.9 Å². The van der Waals surface area contributed by atoms with E-state index in [0.717, 1.165) is 5.56 Å². The zero-order valence-electron chi connectivity index (χ0n) is 13.3. The van der Waals surface area contributed by atoms with Crippen LogP contribution in [-0.4, -0.2) is 37.2 Å². The standard InChI is InChI=1S/C17H19NO6/c1-22-10-14-6-7-15(24-14)17(21)18-9-8-12-2-4-13(5-3-12)23-11-16(19)20/h2-7H,8-11H2,1H3,(H,18,21)(H,19,20). The van der Waals surface area contributed by atoms with Gasteiger partial charge in [-0.25, -0.2) is 4.79 Å². The van der Waals surface area contributed by atoms with Gasteiger partial charge in [-0.2, -0.15) is 0 Å². The number of carboxylic acids is 1. The van der Waals surface area contributed by atoms with Crippen molar-refractivity contribution in [3.8, 4) is 5.75 Å². The predicted molar refractivity (Wildman–Crippen MR) is 85.0 cm³/mol. The minimum Gasteiger partial charge on any atom is -0.482 e. The molecule has 1 amide bonds. The van der Waals surface area contributed by atoms with Crippen molar-refractivity contribution in [2.75, 3.05) is 20.3 Å². The maximum atomic E-state index is 11.9. The Labute approximate surface area is 139 Å². The van der Waals surface area contributed by atoms with Crippen molar-refractivity contribution in [2.45, 2.75) is 13.0 Å². The highest BCUT2D eigenvalue weighted by Crippen LogP contribution is 2.12. The third-order valence-electron chi connectivity index (χ3n) is 3.16. The van der Waals surface area contributed by atoms with Crippen LogP contribution in [0.15, 0.2) is 40.8 Å². The number of furan rings is 1. The van der Waals surface area contributed by atoms with E-state index in [1.165, 1.54) is 0 Å². The second kappa shape index (κ2) is 8.73. The van der Waals surface area contributed by atoms with Gasteiger partial charge >= 0.3 is 5.97 Å². The van der Waals surface area contributed by atoms with Gasteiger partial charge in [0.25, 0.3) is 5.91 Å². The summed E-state index contributed by atoms with van der Waals surface area (Å²) in [6.07, 6.45) is 0.636. The van der Waals surface area contributed by atoms with Crippen LogP contribution in [0.3, 0.4) is 0 Å². The summed E-state index contributed by atoms with van der Waals surface area (Å²) in [5.41, 5.74) is 0.998. The largest absolute Gasteiger partial charge is 0.482 e. The van der Waals surface area contributed by atoms with Crippen LogP contribution in [0.2, 0.25) is 0 Å². The second-order valence-corrected chi connectivity index (χ2v) is 5.03. The van der Waals surface area contributed by atoms with Crippen LogP contribution in [0.4, 0.5) is 0 Å². The van der Waals surface area contributed by atoms with E-state index in [9.17, 15) is 9.59 Å². The van der Waals surface area contributed by atoms with Crippen LogP contribution in [-0.2, 0) is 22.6 Å². The smallest absolute Gasteiger partial charge is 0.341 e. The van der Waals surface area contributed by atoms with Gasteiger partial charge in [0.2, 0.25) is 0 Å². The monoisotopic (exact) mass is 333 g/mol. The number of ether oxygens (including phenoxy) is 2. The third kappa shape index (κ3) is 5.44. The molecule has 7 nitrogen and oxygen atoms in total. The summed E-state index contributed by atoms with van der Waals surface area (Å²) in [4.78, 5) is 22.4. The molecule has 1 aromatic carbocycles. The number of benzene rings is 1. The Morgan fingerprint density at radius 1 is 1.17 bits per heavy atom. The Morgan fingerprint density at radius 3 is 2.58 bits per heavy atom. The quantitative estimate of drug-likeness (QED) is 0.727. The number of hydrogen-bond acceptors (Lipinski definition) is 5. The molecule has 0 saturated carbocycles. The molecule has 0 aliphatic carbocycles. The molecule has 0 spiro atoms. The van der Waals surface area contributed by atoms with Crippen LogP contribution in [0.25, 0.3) is 0 Å². The van der Waals surface area contributed by atoms with Crippen LogP contribution < -0.4 is 10.1 Å². The molecule has 1 heterocycles. The molecular formula is C17H19NO6. The lowest BCUT2D eigenvalue weighted by Crippen LogP contribution is -2.25. The van der Waals surface area contributed by atoms with Crippen LogP contribution in [0.1, 0.15) is 21.9 Å². The molecule has 0 unspecified atom stereocenters. The summed E-state index contributed by atoms with van der Waals surface area (Å²) in [6.45, 7) is 0.404. The minimum atomic E-state index is -1.02. The molecule has 2 rings (SSSR count). The number of carbonyl (C=O) groups is 2. The molecular weight excluding hydrogens is 314 g/mol. The lowest BCUT2D eigenvalue weighted by Gasteiger charge is -2.06. The maximum Gasteiger partial charge on any atom is 0.341 e. The molecule has 0 aliphatic heterocycles. The van der Waals surface area contributed by atoms with Gasteiger partial charge in [-0.1, -0.05) is 12.1 Å². The number of rotatable bonds is 9. The van der Waals surface area contributed by atoms with E-state index in [2.05, 4.69) is 5.32 Å². The topological polar surface area (TPSA) is 98.0 Å². The summed E-state index contributed by atoms with van der Waals surface area (Å²) < 4.78 is 15.3. The molecule has 24 heavy (non-hydrogen) atoms. The van der Waals surface area contributed by atoms with Crippen molar-refractivity contribution in [1.29, 1.82) is 0 Å². The van der Waals surface area contributed by atoms with Gasteiger partial charge < -0.3 is 24.3 Å². The van der Waals surface area contributed by atoms with E-state index < -0.39 is 5.97 Å². The zero-order chi connectivity index (χ0) is 17.4. The Bertz CT molecular complexity index is 677. The fourth-order valence-corrected chi connectivity index (χ4v) is 2.02. The van der Waals surface area contributed by atoms with Crippen LogP contribution >= 0.6 is 0 Å². The van der Waals surface area contributed by atoms with E-state index in [0.29, 0.717) is 31.1 Å². The molecule has 1 aromatic heterocycles. The Kier molecular flexibility index (Phi) is 6.39. The molecule has 0 atom stereocenters. The van der Waals surface area contributed by atoms with Gasteiger partial charge in [-0.15, -0.1) is 0 Å². The lowest BCUT2D eigenvalue weighted by atomic mass is 10.1. The Morgan fingerprint density at radius 2 is 1.92 bits per heavy atom. The Balaban J connectivity index is 1.76. The van der Waals surface area contributed by atoms with Crippen molar-refractivity contribution in [1.82, 2.24) is 5.32 Å². The highest BCUT2D eigenvalue weighted by Gasteiger charge is 2.10. The van der Waals surface area contributed by atoms with E-state index in [-0.39, 0.29) is 18.3 Å². The van der Waals surface area contributed by atoms with Crippen LogP contribution in [0.5, 0.6) is 5.75 Å². The molecule has 0 bridgehead atoms. The molecule has 0 fully saturated rings. The van der Waals surface area contributed by atoms with E-state index in [1.807, 2.05) is 12.1 Å². The summed E-state index contributed by atoms with van der Waals surface area (Å²) in [6, 6.07) is 10.4. The van der Waals surface area contributed by atoms with E-state index in [4.69, 9.17) is 19.0 Å². The van der Waals surface area contributed by atoms with Crippen molar-refractivity contribution in [2.24, 2.45) is 0 Å². The highest BCUT2D eigenvalue weighted by molar-refractivity contribution is 5.91. The van der Waals surface area contributed by atoms with Crippen molar-refractivity contribution < 1.29 is 28.6 Å². The normalized spacial score (nSPS) is 10.4. The number of methoxy groups -OCH3 is 1. The molecule has 2 aromatic rings. The molecule has 128 valence electrons. The van der Waals surface area contributed by atoms with Gasteiger partial charge in [0.15, 0.2) is 12.4 Å². The maximum absolute atomic E-state index is 11.9. The summed E-state index contributed by atoms with van der Waals surface area (Å²) >= 11 is 0. The number of aliphatic carboxylic acids is 1. The second-order valence-electron chi connectivity index (χ2n) is 5.03. The van der Waals surface area contributed by atoms with Gasteiger partial charge in [-0.05, 0) is 36.2 Å². The van der Waals surface area contributed by atoms with Gasteiger partial charge in [0.1, 0.15) is 18.1 Å². The van der Waals surface area contributed by atoms with E-state index in [1.54, 1.807) is 31.4 Å². The summed E-state index contributed by atoms with van der Waals surface area (Å²) in [5.74, 6) is 0.0395. The number of nitrogens with one attached hydrogen (secondary N) is 1. The first kappa shape index (κ1) is 17.6. The first-order valence-corrected chi connectivity index (χ1v) is 7.38. The molecule has 2 N–H and O–H groups in total. The first-order chi connectivity index (χ1) is 11.6. The molecule has 0 saturated heterocycles. The predicted octanol–water partition coefficient (Wildman–Crippen LogP) is 1.86. The van der Waals surface area contributed by atoms with Gasteiger partial charge in [0, 0.05) is 13.7 Å². The Hall–Kier alpha value is -2.80. The SMILES string of the molecule is COCc1ccc(C(=O)NCCc2ccc(OCC(=O)O)cc2)o1. The van der Waals surface area contributed by atoms with Gasteiger partial charge in [0.05, 0.1) is 0 Å². The first-order valence-electron chi connectivity index (χ1n) is 7.38. The number of hydrogen-bond donors (Lipinski definition) is 2. The number of amides is 1. The fraction of sp³-hybridized carbons (Fsp3) is 0.294. The number of carboxylic acid groups (broad SMARTS) is 1. The van der Waals surface area contributed by atoms with Crippen molar-refractivity contribution in [3.63, 3.8) is 0 Å². The molecule has 0 aliphatic rings. The molecule has 0 radical (unpaired) electrons. The van der Waals surface area contributed by atoms with Crippen LogP contribution in [0, 0.1) is 0 Å². The van der Waals surface area contributed by atoms with Crippen molar-refractivity contribution in [3.05, 3.63) is 53.5 Å². The highest BCUT2D eigenvalue weighted by atomic mass is 16.5. The molecule has 7 heteroatoms.